The monoisotopic (exact) mass is 483 g/mol. The van der Waals surface area contributed by atoms with Crippen LogP contribution in [0.15, 0.2) is 91.0 Å². The van der Waals surface area contributed by atoms with E-state index in [1.807, 2.05) is 6.92 Å². The first-order chi connectivity index (χ1) is 17.3. The maximum absolute atomic E-state index is 12.7. The zero-order valence-electron chi connectivity index (χ0n) is 19.3. The molecule has 8 nitrogen and oxygen atoms in total. The predicted molar refractivity (Wildman–Crippen MR) is 132 cm³/mol. The smallest absolute Gasteiger partial charge is 0.343 e. The number of anilines is 1. The van der Waals surface area contributed by atoms with E-state index in [1.165, 1.54) is 36.4 Å². The number of benzene rings is 3. The standard InChI is InChI=1S/C28H21NO7/c1-17-15-20(5-12-24(17)19-3-8-22(9-4-19)35-27(33)18(2)16-30)28(34)36-23-10-6-21(7-11-23)29-25(31)13-14-26(29)32/h3-15,30H,2,16H2,1H3. The number of aryl methyl sites for hydroxylation is 1. The number of aliphatic hydroxyl groups excluding tert-OH is 1. The van der Waals surface area contributed by atoms with Crippen molar-refractivity contribution in [3.8, 4) is 22.6 Å². The maximum atomic E-state index is 12.7. The van der Waals surface area contributed by atoms with E-state index in [-0.39, 0.29) is 11.3 Å². The van der Waals surface area contributed by atoms with Gasteiger partial charge in [-0.3, -0.25) is 9.59 Å². The van der Waals surface area contributed by atoms with Gasteiger partial charge in [-0.15, -0.1) is 0 Å². The Labute approximate surface area is 206 Å². The Morgan fingerprint density at radius 1 is 0.861 bits per heavy atom. The first kappa shape index (κ1) is 24.3. The van der Waals surface area contributed by atoms with Crippen LogP contribution < -0.4 is 14.4 Å². The van der Waals surface area contributed by atoms with Crippen LogP contribution in [0.3, 0.4) is 0 Å². The fourth-order valence-electron chi connectivity index (χ4n) is 3.54. The zero-order chi connectivity index (χ0) is 25.8. The van der Waals surface area contributed by atoms with E-state index in [2.05, 4.69) is 6.58 Å². The van der Waals surface area contributed by atoms with Gasteiger partial charge in [0.15, 0.2) is 0 Å². The van der Waals surface area contributed by atoms with Crippen LogP contribution >= 0.6 is 0 Å². The molecule has 0 spiro atoms. The molecule has 1 aliphatic rings. The second kappa shape index (κ2) is 10.2. The summed E-state index contributed by atoms with van der Waals surface area (Å²) in [4.78, 5) is 49.0. The zero-order valence-corrected chi connectivity index (χ0v) is 19.3. The summed E-state index contributed by atoms with van der Waals surface area (Å²) in [6.07, 6.45) is 2.39. The summed E-state index contributed by atoms with van der Waals surface area (Å²) >= 11 is 0. The van der Waals surface area contributed by atoms with Crippen molar-refractivity contribution in [2.75, 3.05) is 11.5 Å². The number of carbonyl (C=O) groups is 4. The van der Waals surface area contributed by atoms with Crippen LogP contribution in [0.5, 0.6) is 11.5 Å². The molecule has 0 fully saturated rings. The van der Waals surface area contributed by atoms with Gasteiger partial charge in [-0.1, -0.05) is 24.8 Å². The van der Waals surface area contributed by atoms with E-state index < -0.39 is 30.4 Å². The van der Waals surface area contributed by atoms with Gasteiger partial charge in [0.1, 0.15) is 11.5 Å². The summed E-state index contributed by atoms with van der Waals surface area (Å²) < 4.78 is 10.6. The third-order valence-corrected chi connectivity index (χ3v) is 5.43. The van der Waals surface area contributed by atoms with Crippen molar-refractivity contribution >= 4 is 29.4 Å². The molecule has 4 rings (SSSR count). The van der Waals surface area contributed by atoms with Gasteiger partial charge in [-0.25, -0.2) is 14.5 Å². The molecule has 36 heavy (non-hydrogen) atoms. The van der Waals surface area contributed by atoms with Crippen LogP contribution in [-0.4, -0.2) is 35.5 Å². The lowest BCUT2D eigenvalue weighted by Gasteiger charge is -2.14. The largest absolute Gasteiger partial charge is 0.423 e. The van der Waals surface area contributed by atoms with Gasteiger partial charge in [0.2, 0.25) is 0 Å². The highest BCUT2D eigenvalue weighted by molar-refractivity contribution is 6.28. The summed E-state index contributed by atoms with van der Waals surface area (Å²) in [6.45, 7) is 4.81. The number of esters is 2. The maximum Gasteiger partial charge on any atom is 0.343 e. The summed E-state index contributed by atoms with van der Waals surface area (Å²) in [5.74, 6) is -1.52. The summed E-state index contributed by atoms with van der Waals surface area (Å²) in [5, 5.41) is 8.96. The second-order valence-corrected chi connectivity index (χ2v) is 7.93. The van der Waals surface area contributed by atoms with E-state index in [0.29, 0.717) is 17.0 Å². The van der Waals surface area contributed by atoms with Crippen molar-refractivity contribution in [1.82, 2.24) is 0 Å². The molecule has 0 saturated carbocycles. The number of carbonyl (C=O) groups excluding carboxylic acids is 4. The van der Waals surface area contributed by atoms with Gasteiger partial charge in [0.25, 0.3) is 11.8 Å². The molecule has 0 radical (unpaired) electrons. The number of rotatable bonds is 7. The van der Waals surface area contributed by atoms with Gasteiger partial charge in [-0.05, 0) is 72.1 Å². The highest BCUT2D eigenvalue weighted by atomic mass is 16.5. The molecule has 8 heteroatoms. The Morgan fingerprint density at radius 2 is 1.44 bits per heavy atom. The van der Waals surface area contributed by atoms with E-state index in [9.17, 15) is 19.2 Å². The van der Waals surface area contributed by atoms with Gasteiger partial charge in [0, 0.05) is 12.2 Å². The minimum absolute atomic E-state index is 0.0394. The van der Waals surface area contributed by atoms with Crippen LogP contribution in [0.4, 0.5) is 5.69 Å². The lowest BCUT2D eigenvalue weighted by atomic mass is 9.98. The van der Waals surface area contributed by atoms with Gasteiger partial charge < -0.3 is 14.6 Å². The third-order valence-electron chi connectivity index (χ3n) is 5.43. The molecule has 180 valence electrons. The lowest BCUT2D eigenvalue weighted by molar-refractivity contribution is -0.130. The summed E-state index contributed by atoms with van der Waals surface area (Å²) in [5.41, 5.74) is 3.25. The van der Waals surface area contributed by atoms with Crippen LogP contribution in [0.1, 0.15) is 15.9 Å². The van der Waals surface area contributed by atoms with Crippen molar-refractivity contribution in [2.45, 2.75) is 6.92 Å². The topological polar surface area (TPSA) is 110 Å². The van der Waals surface area contributed by atoms with E-state index in [4.69, 9.17) is 14.6 Å². The quantitative estimate of drug-likeness (QED) is 0.236. The lowest BCUT2D eigenvalue weighted by Crippen LogP contribution is -2.29. The average molecular weight is 483 g/mol. The molecule has 1 N–H and O–H groups in total. The number of amides is 2. The number of aliphatic hydroxyl groups is 1. The Hall–Kier alpha value is -4.82. The molecule has 2 amide bonds. The Kier molecular flexibility index (Phi) is 6.89. The number of hydrogen-bond acceptors (Lipinski definition) is 7. The summed E-state index contributed by atoms with van der Waals surface area (Å²) in [7, 11) is 0. The number of ether oxygens (including phenoxy) is 2. The molecule has 0 unspecified atom stereocenters. The van der Waals surface area contributed by atoms with Crippen LogP contribution in [0.25, 0.3) is 11.1 Å². The Morgan fingerprint density at radius 3 is 2.03 bits per heavy atom. The first-order valence-corrected chi connectivity index (χ1v) is 10.9. The van der Waals surface area contributed by atoms with Crippen LogP contribution in [-0.2, 0) is 14.4 Å². The normalized spacial score (nSPS) is 12.6. The highest BCUT2D eigenvalue weighted by Crippen LogP contribution is 2.28. The van der Waals surface area contributed by atoms with Crippen molar-refractivity contribution in [3.05, 3.63) is 102 Å². The minimum Gasteiger partial charge on any atom is -0.423 e. The van der Waals surface area contributed by atoms with Crippen LogP contribution in [0, 0.1) is 6.92 Å². The second-order valence-electron chi connectivity index (χ2n) is 7.93. The third kappa shape index (κ3) is 5.13. The minimum atomic E-state index is -0.700. The molecular formula is C28H21NO7. The van der Waals surface area contributed by atoms with E-state index in [0.717, 1.165) is 21.6 Å². The van der Waals surface area contributed by atoms with E-state index in [1.54, 1.807) is 42.5 Å². The Bertz CT molecular complexity index is 1380. The molecular weight excluding hydrogens is 462 g/mol. The van der Waals surface area contributed by atoms with Crippen LogP contribution in [0.2, 0.25) is 0 Å². The van der Waals surface area contributed by atoms with Gasteiger partial charge in [-0.2, -0.15) is 0 Å². The first-order valence-electron chi connectivity index (χ1n) is 10.9. The molecule has 3 aromatic carbocycles. The fraction of sp³-hybridized carbons (Fsp3) is 0.0714. The van der Waals surface area contributed by atoms with Gasteiger partial charge >= 0.3 is 11.9 Å². The van der Waals surface area contributed by atoms with Gasteiger partial charge in [0.05, 0.1) is 23.4 Å². The Balaban J connectivity index is 1.43. The molecule has 1 heterocycles. The van der Waals surface area contributed by atoms with Crippen molar-refractivity contribution in [3.63, 3.8) is 0 Å². The van der Waals surface area contributed by atoms with E-state index >= 15 is 0 Å². The molecule has 0 bridgehead atoms. The molecule has 0 saturated heterocycles. The van der Waals surface area contributed by atoms with Crippen molar-refractivity contribution < 1.29 is 33.8 Å². The molecule has 0 aromatic heterocycles. The molecule has 0 aliphatic carbocycles. The SMILES string of the molecule is C=C(CO)C(=O)Oc1ccc(-c2ccc(C(=O)Oc3ccc(N4C(=O)C=CC4=O)cc3)cc2C)cc1. The highest BCUT2D eigenvalue weighted by Gasteiger charge is 2.25. The van der Waals surface area contributed by atoms with Crippen molar-refractivity contribution in [2.24, 2.45) is 0 Å². The number of nitrogens with zero attached hydrogens (tertiary/aromatic N) is 1. The molecule has 1 aliphatic heterocycles. The van der Waals surface area contributed by atoms with Crippen molar-refractivity contribution in [1.29, 1.82) is 0 Å². The number of hydrogen-bond donors (Lipinski definition) is 1. The molecule has 3 aromatic rings. The fourth-order valence-corrected chi connectivity index (χ4v) is 3.54. The number of imide groups is 1. The summed E-state index contributed by atoms with van der Waals surface area (Å²) in [6, 6.07) is 18.0. The predicted octanol–water partition coefficient (Wildman–Crippen LogP) is 3.76. The molecule has 0 atom stereocenters. The average Bonchev–Trinajstić information content (AvgIpc) is 3.22.